The molecule has 1 aromatic heterocycles. The van der Waals surface area contributed by atoms with Crippen molar-refractivity contribution in [2.24, 2.45) is 13.0 Å². The van der Waals surface area contributed by atoms with Crippen LogP contribution in [0.1, 0.15) is 24.2 Å². The van der Waals surface area contributed by atoms with Crippen LogP contribution in [0.4, 0.5) is 0 Å². The minimum absolute atomic E-state index is 0.0784. The van der Waals surface area contributed by atoms with Crippen LogP contribution >= 0.6 is 0 Å². The topological polar surface area (TPSA) is 87.5 Å². The Morgan fingerprint density at radius 2 is 1.74 bits per heavy atom. The van der Waals surface area contributed by atoms with Gasteiger partial charge in [-0.3, -0.25) is 19.1 Å². The number of nitrogens with zero attached hydrogens (tertiary/aromatic N) is 2. The molecule has 19 heavy (non-hydrogen) atoms. The second-order valence-corrected chi connectivity index (χ2v) is 3.70. The number of ether oxygens (including phenoxy) is 2. The minimum Gasteiger partial charge on any atom is -0.465 e. The molecular weight excluding hydrogens is 252 g/mol. The standard InChI is InChI=1S/C12H16N2O5/c1-4-18-11(16)9(12(17)19-5-2)10(15)8-6-13-14(3)7-8/h6-7,9H,4-5H2,1-3H3. The van der Waals surface area contributed by atoms with Crippen molar-refractivity contribution in [3.63, 3.8) is 0 Å². The highest BCUT2D eigenvalue weighted by atomic mass is 16.6. The van der Waals surface area contributed by atoms with Crippen molar-refractivity contribution in [1.82, 2.24) is 9.78 Å². The summed E-state index contributed by atoms with van der Waals surface area (Å²) < 4.78 is 10.9. The lowest BCUT2D eigenvalue weighted by atomic mass is 10.0. The number of carbonyl (C=O) groups is 3. The molecule has 104 valence electrons. The quantitative estimate of drug-likeness (QED) is 0.420. The third-order valence-electron chi connectivity index (χ3n) is 2.30. The summed E-state index contributed by atoms with van der Waals surface area (Å²) >= 11 is 0. The van der Waals surface area contributed by atoms with Crippen molar-refractivity contribution in [2.45, 2.75) is 13.8 Å². The third-order valence-corrected chi connectivity index (χ3v) is 2.30. The molecule has 0 aromatic carbocycles. The number of esters is 2. The summed E-state index contributed by atoms with van der Waals surface area (Å²) in [6, 6.07) is 0. The van der Waals surface area contributed by atoms with Gasteiger partial charge < -0.3 is 9.47 Å². The fourth-order valence-corrected chi connectivity index (χ4v) is 1.48. The van der Waals surface area contributed by atoms with Crippen LogP contribution in [0.25, 0.3) is 0 Å². The fraction of sp³-hybridized carbons (Fsp3) is 0.500. The zero-order chi connectivity index (χ0) is 14.4. The van der Waals surface area contributed by atoms with E-state index in [2.05, 4.69) is 5.10 Å². The number of aryl methyl sites for hydroxylation is 1. The molecule has 0 aliphatic rings. The van der Waals surface area contributed by atoms with Gasteiger partial charge in [0.2, 0.25) is 5.92 Å². The van der Waals surface area contributed by atoms with Crippen LogP contribution < -0.4 is 0 Å². The molecular formula is C12H16N2O5. The molecule has 7 nitrogen and oxygen atoms in total. The van der Waals surface area contributed by atoms with E-state index in [1.54, 1.807) is 20.9 Å². The van der Waals surface area contributed by atoms with Crippen molar-refractivity contribution < 1.29 is 23.9 Å². The molecule has 0 bridgehead atoms. The van der Waals surface area contributed by atoms with Gasteiger partial charge in [0.05, 0.1) is 25.0 Å². The Labute approximate surface area is 110 Å². The summed E-state index contributed by atoms with van der Waals surface area (Å²) in [4.78, 5) is 35.6. The van der Waals surface area contributed by atoms with E-state index in [4.69, 9.17) is 9.47 Å². The first kappa shape index (κ1) is 14.9. The summed E-state index contributed by atoms with van der Waals surface area (Å²) in [5.41, 5.74) is 0.161. The lowest BCUT2D eigenvalue weighted by Crippen LogP contribution is -2.34. The highest BCUT2D eigenvalue weighted by Gasteiger charge is 2.37. The van der Waals surface area contributed by atoms with Gasteiger partial charge in [0, 0.05) is 13.2 Å². The minimum atomic E-state index is -1.59. The van der Waals surface area contributed by atoms with Gasteiger partial charge in [0.15, 0.2) is 5.78 Å². The first-order valence-corrected chi connectivity index (χ1v) is 5.87. The van der Waals surface area contributed by atoms with Crippen LogP contribution in [0, 0.1) is 5.92 Å². The Bertz CT molecular complexity index is 462. The molecule has 0 spiro atoms. The number of Topliss-reactive ketones (excluding diaryl/α,β-unsaturated/α-hetero) is 1. The highest BCUT2D eigenvalue weighted by molar-refractivity contribution is 6.20. The monoisotopic (exact) mass is 268 g/mol. The molecule has 1 aromatic rings. The van der Waals surface area contributed by atoms with Gasteiger partial charge in [0.25, 0.3) is 0 Å². The van der Waals surface area contributed by atoms with Gasteiger partial charge in [-0.1, -0.05) is 0 Å². The Hall–Kier alpha value is -2.18. The van der Waals surface area contributed by atoms with E-state index in [9.17, 15) is 14.4 Å². The Morgan fingerprint density at radius 1 is 1.21 bits per heavy atom. The van der Waals surface area contributed by atoms with E-state index >= 15 is 0 Å². The van der Waals surface area contributed by atoms with Gasteiger partial charge in [-0.2, -0.15) is 5.10 Å². The maximum Gasteiger partial charge on any atom is 0.328 e. The van der Waals surface area contributed by atoms with E-state index in [0.29, 0.717) is 0 Å². The van der Waals surface area contributed by atoms with Gasteiger partial charge in [-0.15, -0.1) is 0 Å². The van der Waals surface area contributed by atoms with Crippen LogP contribution in [-0.2, 0) is 26.1 Å². The summed E-state index contributed by atoms with van der Waals surface area (Å²) in [5, 5.41) is 3.82. The summed E-state index contributed by atoms with van der Waals surface area (Å²) in [6.45, 7) is 3.34. The van der Waals surface area contributed by atoms with Gasteiger partial charge in [-0.05, 0) is 13.8 Å². The lowest BCUT2D eigenvalue weighted by Gasteiger charge is -2.12. The molecule has 1 heterocycles. The summed E-state index contributed by atoms with van der Waals surface area (Å²) in [6.07, 6.45) is 2.71. The lowest BCUT2D eigenvalue weighted by molar-refractivity contribution is -0.158. The molecule has 0 aliphatic heterocycles. The number of aromatic nitrogens is 2. The number of rotatable bonds is 6. The van der Waals surface area contributed by atoms with Crippen LogP contribution in [0.3, 0.4) is 0 Å². The van der Waals surface area contributed by atoms with Gasteiger partial charge >= 0.3 is 11.9 Å². The molecule has 0 aliphatic carbocycles. The average molecular weight is 268 g/mol. The van der Waals surface area contributed by atoms with Crippen molar-refractivity contribution >= 4 is 17.7 Å². The number of hydrogen-bond donors (Lipinski definition) is 0. The number of ketones is 1. The Morgan fingerprint density at radius 3 is 2.11 bits per heavy atom. The Kier molecular flexibility index (Phi) is 5.23. The number of hydrogen-bond acceptors (Lipinski definition) is 6. The molecule has 0 unspecified atom stereocenters. The zero-order valence-electron chi connectivity index (χ0n) is 11.1. The van der Waals surface area contributed by atoms with E-state index < -0.39 is 23.6 Å². The van der Waals surface area contributed by atoms with Crippen LogP contribution in [0.5, 0.6) is 0 Å². The van der Waals surface area contributed by atoms with Crippen molar-refractivity contribution in [3.8, 4) is 0 Å². The van der Waals surface area contributed by atoms with Crippen molar-refractivity contribution in [3.05, 3.63) is 18.0 Å². The second kappa shape index (κ2) is 6.67. The summed E-state index contributed by atoms with van der Waals surface area (Å²) in [5.74, 6) is -4.08. The second-order valence-electron chi connectivity index (χ2n) is 3.70. The van der Waals surface area contributed by atoms with E-state index in [0.717, 1.165) is 0 Å². The molecule has 7 heteroatoms. The molecule has 0 fully saturated rings. The first-order valence-electron chi connectivity index (χ1n) is 5.87. The molecule has 0 amide bonds. The Balaban J connectivity index is 2.98. The normalized spacial score (nSPS) is 10.3. The predicted molar refractivity (Wildman–Crippen MR) is 64.3 cm³/mol. The fourth-order valence-electron chi connectivity index (χ4n) is 1.48. The van der Waals surface area contributed by atoms with E-state index in [1.165, 1.54) is 17.1 Å². The third kappa shape index (κ3) is 3.64. The van der Waals surface area contributed by atoms with Crippen molar-refractivity contribution in [2.75, 3.05) is 13.2 Å². The van der Waals surface area contributed by atoms with E-state index in [1.807, 2.05) is 0 Å². The highest BCUT2D eigenvalue weighted by Crippen LogP contribution is 2.12. The smallest absolute Gasteiger partial charge is 0.328 e. The van der Waals surface area contributed by atoms with Crippen LogP contribution in [-0.4, -0.2) is 40.7 Å². The number of carbonyl (C=O) groups excluding carboxylic acids is 3. The molecule has 1 rings (SSSR count). The van der Waals surface area contributed by atoms with Crippen LogP contribution in [0.15, 0.2) is 12.4 Å². The van der Waals surface area contributed by atoms with Gasteiger partial charge in [-0.25, -0.2) is 0 Å². The largest absolute Gasteiger partial charge is 0.465 e. The first-order chi connectivity index (χ1) is 9.01. The average Bonchev–Trinajstić information content (AvgIpc) is 2.76. The maximum atomic E-state index is 12.1. The molecule has 0 saturated carbocycles. The maximum absolute atomic E-state index is 12.1. The molecule has 0 N–H and O–H groups in total. The zero-order valence-corrected chi connectivity index (χ0v) is 11.1. The van der Waals surface area contributed by atoms with Gasteiger partial charge in [0.1, 0.15) is 0 Å². The van der Waals surface area contributed by atoms with Crippen molar-refractivity contribution in [1.29, 1.82) is 0 Å². The van der Waals surface area contributed by atoms with E-state index in [-0.39, 0.29) is 18.8 Å². The summed E-state index contributed by atoms with van der Waals surface area (Å²) in [7, 11) is 1.63. The molecule has 0 saturated heterocycles. The van der Waals surface area contributed by atoms with Crippen LogP contribution in [0.2, 0.25) is 0 Å². The molecule has 0 atom stereocenters. The molecule has 0 radical (unpaired) electrons. The SMILES string of the molecule is CCOC(=O)C(C(=O)OCC)C(=O)c1cnn(C)c1. The predicted octanol–water partition coefficient (Wildman–Crippen LogP) is 0.345.